The number of carbonyl (C=O) groups is 1. The van der Waals surface area contributed by atoms with Crippen molar-refractivity contribution in [3.8, 4) is 11.5 Å². The number of ether oxygens (including phenoxy) is 3. The van der Waals surface area contributed by atoms with E-state index >= 15 is 0 Å². The average molecular weight is 417 g/mol. The molecule has 1 fully saturated rings. The standard InChI is InChI=1S/C22H28N2O4S/c1-26-17-6-4-16(5-7-17)20(24-10-12-28-13-11-24)15-23-22(25)19-9-8-18(29-3)14-21(19)27-2/h4-9,14,20H,10-13,15H2,1-3H3,(H,23,25)/t20-/m0/s1. The highest BCUT2D eigenvalue weighted by Gasteiger charge is 2.24. The number of benzene rings is 2. The lowest BCUT2D eigenvalue weighted by atomic mass is 10.0. The molecule has 0 radical (unpaired) electrons. The van der Waals surface area contributed by atoms with Crippen LogP contribution in [0, 0.1) is 0 Å². The third kappa shape index (κ3) is 5.44. The summed E-state index contributed by atoms with van der Waals surface area (Å²) in [6.45, 7) is 3.56. The first-order valence-electron chi connectivity index (χ1n) is 9.62. The van der Waals surface area contributed by atoms with E-state index < -0.39 is 0 Å². The average Bonchev–Trinajstić information content (AvgIpc) is 2.79. The Bertz CT molecular complexity index is 807. The van der Waals surface area contributed by atoms with Crippen LogP contribution in [0.4, 0.5) is 0 Å². The van der Waals surface area contributed by atoms with Gasteiger partial charge in [-0.2, -0.15) is 0 Å². The van der Waals surface area contributed by atoms with Gasteiger partial charge in [0.25, 0.3) is 5.91 Å². The Morgan fingerprint density at radius 1 is 1.14 bits per heavy atom. The number of methoxy groups -OCH3 is 2. The molecule has 7 heteroatoms. The first kappa shape index (κ1) is 21.5. The van der Waals surface area contributed by atoms with Crippen LogP contribution in [-0.2, 0) is 4.74 Å². The van der Waals surface area contributed by atoms with Crippen LogP contribution in [0.25, 0.3) is 0 Å². The number of carbonyl (C=O) groups excluding carboxylic acids is 1. The molecule has 1 heterocycles. The van der Waals surface area contributed by atoms with Crippen molar-refractivity contribution >= 4 is 17.7 Å². The fourth-order valence-electron chi connectivity index (χ4n) is 3.44. The molecule has 1 N–H and O–H groups in total. The Morgan fingerprint density at radius 2 is 1.86 bits per heavy atom. The number of hydrogen-bond acceptors (Lipinski definition) is 6. The number of nitrogens with zero attached hydrogens (tertiary/aromatic N) is 1. The van der Waals surface area contributed by atoms with E-state index in [0.29, 0.717) is 31.1 Å². The maximum atomic E-state index is 12.9. The smallest absolute Gasteiger partial charge is 0.255 e. The van der Waals surface area contributed by atoms with Gasteiger partial charge in [0.15, 0.2) is 0 Å². The molecule has 156 valence electrons. The number of amides is 1. The molecule has 1 aliphatic heterocycles. The molecular weight excluding hydrogens is 388 g/mol. The highest BCUT2D eigenvalue weighted by atomic mass is 32.2. The highest BCUT2D eigenvalue weighted by molar-refractivity contribution is 7.98. The number of rotatable bonds is 8. The van der Waals surface area contributed by atoms with Crippen molar-refractivity contribution in [2.75, 3.05) is 53.3 Å². The van der Waals surface area contributed by atoms with Gasteiger partial charge in [-0.25, -0.2) is 0 Å². The largest absolute Gasteiger partial charge is 0.497 e. The van der Waals surface area contributed by atoms with Crippen molar-refractivity contribution in [2.45, 2.75) is 10.9 Å². The monoisotopic (exact) mass is 416 g/mol. The van der Waals surface area contributed by atoms with E-state index in [-0.39, 0.29) is 11.9 Å². The van der Waals surface area contributed by atoms with E-state index in [2.05, 4.69) is 22.3 Å². The second-order valence-electron chi connectivity index (χ2n) is 6.71. The highest BCUT2D eigenvalue weighted by Crippen LogP contribution is 2.27. The van der Waals surface area contributed by atoms with Gasteiger partial charge in [0.1, 0.15) is 11.5 Å². The molecule has 0 spiro atoms. The van der Waals surface area contributed by atoms with E-state index in [0.717, 1.165) is 29.3 Å². The molecule has 1 atom stereocenters. The second-order valence-corrected chi connectivity index (χ2v) is 7.59. The quantitative estimate of drug-likeness (QED) is 0.667. The summed E-state index contributed by atoms with van der Waals surface area (Å²) < 4.78 is 16.2. The van der Waals surface area contributed by atoms with Gasteiger partial charge < -0.3 is 19.5 Å². The summed E-state index contributed by atoms with van der Waals surface area (Å²) in [6.07, 6.45) is 2.00. The molecule has 2 aromatic rings. The van der Waals surface area contributed by atoms with Gasteiger partial charge in [-0.1, -0.05) is 12.1 Å². The molecule has 1 amide bonds. The fourth-order valence-corrected chi connectivity index (χ4v) is 3.87. The van der Waals surface area contributed by atoms with Crippen LogP contribution in [0.1, 0.15) is 22.0 Å². The predicted molar refractivity (Wildman–Crippen MR) is 115 cm³/mol. The van der Waals surface area contributed by atoms with Crippen molar-refractivity contribution in [3.05, 3.63) is 53.6 Å². The van der Waals surface area contributed by atoms with Crippen molar-refractivity contribution in [3.63, 3.8) is 0 Å². The first-order valence-corrected chi connectivity index (χ1v) is 10.8. The summed E-state index contributed by atoms with van der Waals surface area (Å²) in [5.41, 5.74) is 1.68. The van der Waals surface area contributed by atoms with Gasteiger partial charge in [-0.15, -0.1) is 11.8 Å². The van der Waals surface area contributed by atoms with E-state index in [9.17, 15) is 4.79 Å². The Kier molecular flexibility index (Phi) is 7.80. The normalized spacial score (nSPS) is 15.6. The zero-order chi connectivity index (χ0) is 20.6. The number of nitrogens with one attached hydrogen (secondary N) is 1. The molecule has 1 saturated heterocycles. The summed E-state index contributed by atoms with van der Waals surface area (Å²) in [7, 11) is 3.24. The third-order valence-electron chi connectivity index (χ3n) is 5.10. The molecule has 2 aromatic carbocycles. The molecular formula is C22H28N2O4S. The maximum absolute atomic E-state index is 12.9. The van der Waals surface area contributed by atoms with Gasteiger partial charge >= 0.3 is 0 Å². The molecule has 0 aromatic heterocycles. The van der Waals surface area contributed by atoms with Crippen LogP contribution in [0.3, 0.4) is 0 Å². The molecule has 0 bridgehead atoms. The molecule has 3 rings (SSSR count). The summed E-state index contributed by atoms with van der Waals surface area (Å²) in [5, 5.41) is 3.10. The van der Waals surface area contributed by atoms with Crippen LogP contribution in [0.2, 0.25) is 0 Å². The lowest BCUT2D eigenvalue weighted by Gasteiger charge is -2.35. The summed E-state index contributed by atoms with van der Waals surface area (Å²) in [5.74, 6) is 1.26. The predicted octanol–water partition coefficient (Wildman–Crippen LogP) is 3.23. The summed E-state index contributed by atoms with van der Waals surface area (Å²) in [4.78, 5) is 16.3. The minimum atomic E-state index is -0.138. The van der Waals surface area contributed by atoms with E-state index in [4.69, 9.17) is 14.2 Å². The zero-order valence-corrected chi connectivity index (χ0v) is 18.0. The Morgan fingerprint density at radius 3 is 2.48 bits per heavy atom. The minimum absolute atomic E-state index is 0.0604. The van der Waals surface area contributed by atoms with E-state index in [1.807, 2.05) is 36.6 Å². The van der Waals surface area contributed by atoms with Crippen LogP contribution in [-0.4, -0.2) is 64.1 Å². The number of morpholine rings is 1. The van der Waals surface area contributed by atoms with Crippen LogP contribution in [0.15, 0.2) is 47.4 Å². The van der Waals surface area contributed by atoms with E-state index in [1.165, 1.54) is 0 Å². The summed E-state index contributed by atoms with van der Waals surface area (Å²) >= 11 is 1.62. The molecule has 1 aliphatic rings. The van der Waals surface area contributed by atoms with Gasteiger partial charge in [0.2, 0.25) is 0 Å². The Labute approximate surface area is 176 Å². The van der Waals surface area contributed by atoms with Gasteiger partial charge in [0.05, 0.1) is 39.0 Å². The number of hydrogen-bond donors (Lipinski definition) is 1. The van der Waals surface area contributed by atoms with Gasteiger partial charge in [0, 0.05) is 24.5 Å². The first-order chi connectivity index (χ1) is 14.2. The number of thioether (sulfide) groups is 1. The van der Waals surface area contributed by atoms with Crippen molar-refractivity contribution in [1.29, 1.82) is 0 Å². The topological polar surface area (TPSA) is 60.0 Å². The van der Waals surface area contributed by atoms with Crippen molar-refractivity contribution < 1.29 is 19.0 Å². The third-order valence-corrected chi connectivity index (χ3v) is 5.82. The van der Waals surface area contributed by atoms with E-state index in [1.54, 1.807) is 26.0 Å². The molecule has 29 heavy (non-hydrogen) atoms. The zero-order valence-electron chi connectivity index (χ0n) is 17.1. The fraction of sp³-hybridized carbons (Fsp3) is 0.409. The van der Waals surface area contributed by atoms with Crippen molar-refractivity contribution in [2.24, 2.45) is 0 Å². The van der Waals surface area contributed by atoms with Crippen molar-refractivity contribution in [1.82, 2.24) is 10.2 Å². The summed E-state index contributed by atoms with van der Waals surface area (Å²) in [6, 6.07) is 13.7. The SMILES string of the molecule is COc1ccc([C@H](CNC(=O)c2ccc(SC)cc2OC)N2CCOCC2)cc1. The molecule has 0 unspecified atom stereocenters. The van der Waals surface area contributed by atoms with Gasteiger partial charge in [-0.05, 0) is 42.2 Å². The lowest BCUT2D eigenvalue weighted by Crippen LogP contribution is -2.43. The molecule has 6 nitrogen and oxygen atoms in total. The van der Waals surface area contributed by atoms with Crippen LogP contribution >= 0.6 is 11.8 Å². The van der Waals surface area contributed by atoms with Gasteiger partial charge in [-0.3, -0.25) is 9.69 Å². The second kappa shape index (κ2) is 10.5. The van der Waals surface area contributed by atoms with Crippen LogP contribution < -0.4 is 14.8 Å². The molecule has 0 saturated carbocycles. The minimum Gasteiger partial charge on any atom is -0.497 e. The van der Waals surface area contributed by atoms with Crippen LogP contribution in [0.5, 0.6) is 11.5 Å². The Hall–Kier alpha value is -2.22. The lowest BCUT2D eigenvalue weighted by molar-refractivity contribution is 0.0162. The maximum Gasteiger partial charge on any atom is 0.255 e. The Balaban J connectivity index is 1.76. The molecule has 0 aliphatic carbocycles.